The molecule has 2 heterocycles. The van der Waals surface area contributed by atoms with Crippen LogP contribution < -0.4 is 10.1 Å². The third-order valence-corrected chi connectivity index (χ3v) is 4.45. The van der Waals surface area contributed by atoms with E-state index in [2.05, 4.69) is 15.3 Å². The number of carbonyl (C=O) groups excluding carboxylic acids is 1. The number of hydrogen-bond donors (Lipinski definition) is 1. The Hall–Kier alpha value is -2.22. The van der Waals surface area contributed by atoms with Gasteiger partial charge in [-0.1, -0.05) is 11.6 Å². The fourth-order valence-electron chi connectivity index (χ4n) is 2.56. The first-order valence-corrected chi connectivity index (χ1v) is 8.67. The molecule has 140 valence electrons. The van der Waals surface area contributed by atoms with Crippen LogP contribution in [0.15, 0.2) is 29.5 Å². The van der Waals surface area contributed by atoms with Crippen molar-refractivity contribution >= 4 is 23.7 Å². The van der Waals surface area contributed by atoms with Gasteiger partial charge in [0, 0.05) is 24.5 Å². The van der Waals surface area contributed by atoms with Crippen molar-refractivity contribution < 1.29 is 18.3 Å². The highest BCUT2D eigenvalue weighted by Crippen LogP contribution is 2.31. The van der Waals surface area contributed by atoms with Crippen LogP contribution in [0.25, 0.3) is 0 Å². The van der Waals surface area contributed by atoms with Crippen LogP contribution in [0.1, 0.15) is 31.4 Å². The van der Waals surface area contributed by atoms with Crippen molar-refractivity contribution in [2.24, 2.45) is 10.9 Å². The van der Waals surface area contributed by atoms with Crippen LogP contribution in [0.4, 0.5) is 8.78 Å². The zero-order valence-corrected chi connectivity index (χ0v) is 14.9. The minimum absolute atomic E-state index is 0.00782. The minimum Gasteiger partial charge on any atom is -0.471 e. The smallest absolute Gasteiger partial charge is 0.272 e. The standard InChI is InChI=1S/C17H19ClF2N4O2/c1-10(12-7-13(18)16(22-8-12)26-9-14(19)20)24-6-2-5-21-17(24)23-15(25)11-3-4-11/h2,5-8,10-11,14,17H,3-4,9H2,1H3,(H,23,25). The summed E-state index contributed by atoms with van der Waals surface area (Å²) in [5.41, 5.74) is 0.742. The molecule has 0 bridgehead atoms. The van der Waals surface area contributed by atoms with Gasteiger partial charge in [0.05, 0.1) is 6.04 Å². The van der Waals surface area contributed by atoms with Gasteiger partial charge in [0.15, 0.2) is 12.9 Å². The largest absolute Gasteiger partial charge is 0.471 e. The molecule has 26 heavy (non-hydrogen) atoms. The summed E-state index contributed by atoms with van der Waals surface area (Å²) in [7, 11) is 0. The van der Waals surface area contributed by atoms with Crippen LogP contribution in [0.3, 0.4) is 0 Å². The number of aromatic nitrogens is 1. The molecule has 2 aliphatic rings. The van der Waals surface area contributed by atoms with Crippen molar-refractivity contribution in [3.63, 3.8) is 0 Å². The number of aliphatic imine (C=N–C) groups is 1. The van der Waals surface area contributed by atoms with Gasteiger partial charge in [-0.15, -0.1) is 0 Å². The van der Waals surface area contributed by atoms with E-state index in [9.17, 15) is 13.6 Å². The molecule has 2 unspecified atom stereocenters. The molecule has 9 heteroatoms. The summed E-state index contributed by atoms with van der Waals surface area (Å²) in [5, 5.41) is 3.07. The van der Waals surface area contributed by atoms with Crippen molar-refractivity contribution in [1.82, 2.24) is 15.2 Å². The molecule has 1 aromatic rings. The molecule has 1 aliphatic heterocycles. The normalized spacial score (nSPS) is 20.3. The Morgan fingerprint density at radius 3 is 2.92 bits per heavy atom. The first-order valence-electron chi connectivity index (χ1n) is 8.30. The van der Waals surface area contributed by atoms with Gasteiger partial charge in [-0.25, -0.2) is 18.8 Å². The van der Waals surface area contributed by atoms with Crippen LogP contribution in [-0.2, 0) is 4.79 Å². The zero-order chi connectivity index (χ0) is 18.7. The first kappa shape index (κ1) is 18.6. The van der Waals surface area contributed by atoms with E-state index in [4.69, 9.17) is 16.3 Å². The first-order chi connectivity index (χ1) is 12.5. The van der Waals surface area contributed by atoms with E-state index in [1.165, 1.54) is 6.20 Å². The Kier molecular flexibility index (Phi) is 5.70. The van der Waals surface area contributed by atoms with E-state index in [1.807, 2.05) is 18.0 Å². The molecule has 0 saturated heterocycles. The number of alkyl halides is 2. The number of ether oxygens (including phenoxy) is 1. The van der Waals surface area contributed by atoms with Gasteiger partial charge in [0.25, 0.3) is 6.43 Å². The van der Waals surface area contributed by atoms with E-state index < -0.39 is 19.3 Å². The number of halogens is 3. The fourth-order valence-corrected chi connectivity index (χ4v) is 2.79. The van der Waals surface area contributed by atoms with Gasteiger partial charge in [0.1, 0.15) is 5.02 Å². The number of hydrogen-bond acceptors (Lipinski definition) is 5. The summed E-state index contributed by atoms with van der Waals surface area (Å²) in [4.78, 5) is 22.3. The number of nitrogens with one attached hydrogen (secondary N) is 1. The Bertz CT molecular complexity index is 725. The maximum Gasteiger partial charge on any atom is 0.272 e. The maximum atomic E-state index is 12.3. The lowest BCUT2D eigenvalue weighted by molar-refractivity contribution is -0.124. The molecule has 0 aromatic carbocycles. The Labute approximate surface area is 154 Å². The summed E-state index contributed by atoms with van der Waals surface area (Å²) >= 11 is 6.10. The number of amides is 1. The molecule has 1 N–H and O–H groups in total. The molecule has 2 atom stereocenters. The number of rotatable bonds is 7. The molecule has 6 nitrogen and oxygen atoms in total. The Morgan fingerprint density at radius 1 is 1.50 bits per heavy atom. The second-order valence-corrected chi connectivity index (χ2v) is 6.58. The molecule has 1 aliphatic carbocycles. The maximum absolute atomic E-state index is 12.3. The highest BCUT2D eigenvalue weighted by Gasteiger charge is 2.33. The molecule has 0 spiro atoms. The topological polar surface area (TPSA) is 66.8 Å². The summed E-state index contributed by atoms with van der Waals surface area (Å²) in [6.45, 7) is 1.15. The Morgan fingerprint density at radius 2 is 2.27 bits per heavy atom. The number of carbonyl (C=O) groups is 1. The second-order valence-electron chi connectivity index (χ2n) is 6.18. The predicted molar refractivity (Wildman–Crippen MR) is 93.3 cm³/mol. The molecule has 1 saturated carbocycles. The van der Waals surface area contributed by atoms with E-state index in [1.54, 1.807) is 18.4 Å². The molecule has 0 radical (unpaired) electrons. The van der Waals surface area contributed by atoms with Crippen molar-refractivity contribution in [1.29, 1.82) is 0 Å². The molecule has 1 amide bonds. The van der Waals surface area contributed by atoms with Crippen molar-refractivity contribution in [3.8, 4) is 5.88 Å². The molecule has 1 aromatic heterocycles. The van der Waals surface area contributed by atoms with Crippen LogP contribution in [0.2, 0.25) is 5.02 Å². The lowest BCUT2D eigenvalue weighted by atomic mass is 10.1. The van der Waals surface area contributed by atoms with Crippen LogP contribution >= 0.6 is 11.6 Å². The van der Waals surface area contributed by atoms with Gasteiger partial charge in [-0.2, -0.15) is 0 Å². The average Bonchev–Trinajstić information content (AvgIpc) is 3.45. The van der Waals surface area contributed by atoms with Crippen LogP contribution in [0, 0.1) is 5.92 Å². The summed E-state index contributed by atoms with van der Waals surface area (Å²) < 4.78 is 29.4. The molecular weight excluding hydrogens is 366 g/mol. The summed E-state index contributed by atoms with van der Waals surface area (Å²) in [6, 6.07) is 1.41. The fraction of sp³-hybridized carbons (Fsp3) is 0.471. The SMILES string of the molecule is CC(c1cnc(OCC(F)F)c(Cl)c1)N1C=CC=NC1NC(=O)C1CC1. The number of allylic oxidation sites excluding steroid dienone is 1. The highest BCUT2D eigenvalue weighted by molar-refractivity contribution is 6.31. The van der Waals surface area contributed by atoms with E-state index in [0.717, 1.165) is 18.4 Å². The predicted octanol–water partition coefficient (Wildman–Crippen LogP) is 3.15. The lowest BCUT2D eigenvalue weighted by Crippen LogP contribution is -2.47. The number of pyridine rings is 1. The summed E-state index contributed by atoms with van der Waals surface area (Å²) in [5.74, 6) is 0.0379. The summed E-state index contributed by atoms with van der Waals surface area (Å²) in [6.07, 6.45) is 5.45. The second kappa shape index (κ2) is 7.99. The zero-order valence-electron chi connectivity index (χ0n) is 14.1. The van der Waals surface area contributed by atoms with Crippen molar-refractivity contribution in [2.75, 3.05) is 6.61 Å². The van der Waals surface area contributed by atoms with Crippen molar-refractivity contribution in [3.05, 3.63) is 35.1 Å². The monoisotopic (exact) mass is 384 g/mol. The van der Waals surface area contributed by atoms with E-state index in [0.29, 0.717) is 0 Å². The highest BCUT2D eigenvalue weighted by atomic mass is 35.5. The van der Waals surface area contributed by atoms with Crippen LogP contribution in [-0.4, -0.2) is 41.3 Å². The number of nitrogens with zero attached hydrogens (tertiary/aromatic N) is 3. The minimum atomic E-state index is -2.60. The lowest BCUT2D eigenvalue weighted by Gasteiger charge is -2.35. The van der Waals surface area contributed by atoms with Gasteiger partial charge < -0.3 is 15.0 Å². The molecule has 3 rings (SSSR count). The van der Waals surface area contributed by atoms with E-state index in [-0.39, 0.29) is 28.8 Å². The van der Waals surface area contributed by atoms with Gasteiger partial charge in [0.2, 0.25) is 11.8 Å². The van der Waals surface area contributed by atoms with Gasteiger partial charge in [-0.3, -0.25) is 4.79 Å². The van der Waals surface area contributed by atoms with Crippen LogP contribution in [0.5, 0.6) is 5.88 Å². The molecule has 1 fully saturated rings. The third kappa shape index (κ3) is 4.49. The van der Waals surface area contributed by atoms with Gasteiger partial charge >= 0.3 is 0 Å². The van der Waals surface area contributed by atoms with E-state index >= 15 is 0 Å². The average molecular weight is 385 g/mol. The van der Waals surface area contributed by atoms with Crippen molar-refractivity contribution in [2.45, 2.75) is 38.5 Å². The Balaban J connectivity index is 1.70. The van der Waals surface area contributed by atoms with Gasteiger partial charge in [-0.05, 0) is 37.5 Å². The quantitative estimate of drug-likeness (QED) is 0.784. The molecular formula is C17H19ClF2N4O2. The third-order valence-electron chi connectivity index (χ3n) is 4.18.